The predicted molar refractivity (Wildman–Crippen MR) is 191 cm³/mol. The summed E-state index contributed by atoms with van der Waals surface area (Å²) in [4.78, 5) is 24.9. The summed E-state index contributed by atoms with van der Waals surface area (Å²) in [5.41, 5.74) is 0. The molecule has 0 unspecified atom stereocenters. The number of unbranched alkanes of at least 4 members (excludes halogenated alkanes) is 1. The Kier molecular flexibility index (Phi) is 11.1. The van der Waals surface area contributed by atoms with Crippen molar-refractivity contribution in [3.63, 3.8) is 0 Å². The van der Waals surface area contributed by atoms with Gasteiger partial charge in [-0.2, -0.15) is 0 Å². The van der Waals surface area contributed by atoms with Crippen molar-refractivity contribution in [2.75, 3.05) is 0 Å². The van der Waals surface area contributed by atoms with Crippen molar-refractivity contribution >= 4 is 46.1 Å². The van der Waals surface area contributed by atoms with Gasteiger partial charge in [0.15, 0.2) is 0 Å². The van der Waals surface area contributed by atoms with E-state index in [1.165, 1.54) is 15.0 Å². The molecule has 0 spiro atoms. The first-order valence-electron chi connectivity index (χ1n) is 16.3. The summed E-state index contributed by atoms with van der Waals surface area (Å²) >= 11 is 1.77. The van der Waals surface area contributed by atoms with Gasteiger partial charge in [-0.25, -0.2) is 0 Å². The summed E-state index contributed by atoms with van der Waals surface area (Å²) in [6, 6.07) is 30.9. The van der Waals surface area contributed by atoms with Crippen molar-refractivity contribution in [2.45, 2.75) is 75.5 Å². The van der Waals surface area contributed by atoms with E-state index in [1.54, 1.807) is 11.3 Å². The number of hydrogen-bond acceptors (Lipinski definition) is 5. The van der Waals surface area contributed by atoms with Crippen LogP contribution >= 0.6 is 11.3 Å². The number of aliphatic hydroxyl groups excluding tert-OH is 2. The van der Waals surface area contributed by atoms with Crippen LogP contribution in [0.4, 0.5) is 0 Å². The molecule has 1 aliphatic rings. The number of thiophene rings is 1. The molecule has 1 aromatic heterocycles. The molecule has 0 bridgehead atoms. The fourth-order valence-electron chi connectivity index (χ4n) is 7.16. The average molecular weight is 655 g/mol. The second-order valence-corrected chi connectivity index (χ2v) is 18.4. The Morgan fingerprint density at radius 3 is 2.20 bits per heavy atom. The molecule has 4 aromatic rings. The predicted octanol–water partition coefficient (Wildman–Crippen LogP) is 7.02. The summed E-state index contributed by atoms with van der Waals surface area (Å²) in [6.07, 6.45) is 10.1. The quantitative estimate of drug-likeness (QED) is 0.0666. The molecule has 0 amide bonds. The van der Waals surface area contributed by atoms with Crippen LogP contribution in [0.5, 0.6) is 0 Å². The third-order valence-corrected chi connectivity index (χ3v) is 15.5. The lowest BCUT2D eigenvalue weighted by Gasteiger charge is -2.42. The van der Waals surface area contributed by atoms with Crippen molar-refractivity contribution in [3.05, 3.63) is 120 Å². The van der Waals surface area contributed by atoms with E-state index in [2.05, 4.69) is 80.6 Å². The second-order valence-electron chi connectivity index (χ2n) is 13.3. The molecule has 5 nitrogen and oxygen atoms in total. The Morgan fingerprint density at radius 2 is 1.57 bits per heavy atom. The first-order valence-corrected chi connectivity index (χ1v) is 19.1. The minimum Gasteiger partial charge on any atom is -0.481 e. The highest BCUT2D eigenvalue weighted by Crippen LogP contribution is 2.47. The summed E-state index contributed by atoms with van der Waals surface area (Å²) in [5.74, 6) is -1.15. The van der Waals surface area contributed by atoms with Crippen LogP contribution in [0.25, 0.3) is 10.1 Å². The topological polar surface area (TPSA) is 98.0 Å². The molecule has 3 aromatic carbocycles. The van der Waals surface area contributed by atoms with Gasteiger partial charge in [0.05, 0.1) is 12.2 Å². The fourth-order valence-corrected chi connectivity index (χ4v) is 12.1. The number of carboxylic acid groups (broad SMARTS) is 1. The standard InChI is InChI=1S/C39H46O5SSi/c1-39(2,46(44,30-16-7-5-8-17-30)31-18-9-6-10-19-31)27-29(37-25-28-15-13-14-21-36(28)45-37)23-24-33-32(34(40)26-35(33)41)20-11-3-4-12-22-38(42)43/h3,5-11,13-19,21,23-25,29,32-35,40-41,44H,4,12,20,22,26-27H2,1-2H3,(H,42,43)/b11-3-,24-23+/t29-,32+,33+,34-,35+/m0/s1. The van der Waals surface area contributed by atoms with Crippen LogP contribution in [0.2, 0.25) is 5.04 Å². The van der Waals surface area contributed by atoms with Crippen molar-refractivity contribution in [2.24, 2.45) is 11.8 Å². The lowest BCUT2D eigenvalue weighted by molar-refractivity contribution is -0.137. The van der Waals surface area contributed by atoms with E-state index >= 15 is 0 Å². The minimum absolute atomic E-state index is 0.0176. The molecule has 0 radical (unpaired) electrons. The molecule has 1 saturated carbocycles. The van der Waals surface area contributed by atoms with Gasteiger partial charge < -0.3 is 20.1 Å². The molecular formula is C39H46O5SSi. The largest absolute Gasteiger partial charge is 0.481 e. The Hall–Kier alpha value is -3.33. The Morgan fingerprint density at radius 1 is 0.935 bits per heavy atom. The fraction of sp³-hybridized carbons (Fsp3) is 0.359. The van der Waals surface area contributed by atoms with E-state index in [0.29, 0.717) is 32.1 Å². The van der Waals surface area contributed by atoms with E-state index < -0.39 is 31.5 Å². The average Bonchev–Trinajstić information content (AvgIpc) is 3.60. The zero-order valence-electron chi connectivity index (χ0n) is 26.7. The van der Waals surface area contributed by atoms with E-state index in [-0.39, 0.29) is 24.2 Å². The summed E-state index contributed by atoms with van der Waals surface area (Å²) in [6.45, 7) is 4.39. The molecule has 46 heavy (non-hydrogen) atoms. The van der Waals surface area contributed by atoms with Gasteiger partial charge in [0.2, 0.25) is 0 Å². The minimum atomic E-state index is -3.26. The second kappa shape index (κ2) is 15.0. The highest BCUT2D eigenvalue weighted by Gasteiger charge is 2.50. The highest BCUT2D eigenvalue weighted by atomic mass is 32.1. The third-order valence-electron chi connectivity index (χ3n) is 9.72. The number of benzene rings is 3. The van der Waals surface area contributed by atoms with Crippen LogP contribution in [0.1, 0.15) is 63.2 Å². The van der Waals surface area contributed by atoms with Crippen LogP contribution in [0.15, 0.2) is 115 Å². The molecule has 5 atom stereocenters. The Balaban J connectivity index is 1.47. The van der Waals surface area contributed by atoms with Gasteiger partial charge in [0.1, 0.15) is 0 Å². The van der Waals surface area contributed by atoms with Crippen LogP contribution in [0.3, 0.4) is 0 Å². The maximum atomic E-state index is 12.9. The first kappa shape index (κ1) is 34.0. The summed E-state index contributed by atoms with van der Waals surface area (Å²) in [5, 5.41) is 33.5. The van der Waals surface area contributed by atoms with Gasteiger partial charge in [-0.1, -0.05) is 117 Å². The van der Waals surface area contributed by atoms with E-state index in [0.717, 1.165) is 10.4 Å². The zero-order chi connectivity index (χ0) is 32.7. The number of fused-ring (bicyclic) bond motifs is 1. The Bertz CT molecular complexity index is 1560. The SMILES string of the molecule is CC(C)(C[C@H](/C=C/[C@@H]1[C@@H](C/C=C\CCCC(=O)O)[C@@H](O)C[C@H]1O)c1cc2ccccc2s1)[Si](O)(c1ccccc1)c1ccccc1. The van der Waals surface area contributed by atoms with Gasteiger partial charge in [-0.05, 0) is 64.5 Å². The van der Waals surface area contributed by atoms with Gasteiger partial charge in [0.25, 0.3) is 8.32 Å². The molecule has 242 valence electrons. The number of carboxylic acids is 1. The normalized spacial score (nSPS) is 21.4. The van der Waals surface area contributed by atoms with Crippen LogP contribution < -0.4 is 10.4 Å². The molecule has 1 aliphatic carbocycles. The number of allylic oxidation sites excluding steroid dienone is 3. The third kappa shape index (κ3) is 7.62. The summed E-state index contributed by atoms with van der Waals surface area (Å²) < 4.78 is 1.22. The van der Waals surface area contributed by atoms with E-state index in [1.807, 2.05) is 48.6 Å². The number of rotatable bonds is 14. The smallest absolute Gasteiger partial charge is 0.303 e. The number of aliphatic carboxylic acids is 1. The van der Waals surface area contributed by atoms with Crippen LogP contribution in [-0.2, 0) is 4.79 Å². The van der Waals surface area contributed by atoms with E-state index in [4.69, 9.17) is 5.11 Å². The maximum Gasteiger partial charge on any atom is 0.303 e. The molecule has 0 aliphatic heterocycles. The van der Waals surface area contributed by atoms with E-state index in [9.17, 15) is 19.8 Å². The highest BCUT2D eigenvalue weighted by molar-refractivity contribution is 7.19. The summed E-state index contributed by atoms with van der Waals surface area (Å²) in [7, 11) is -3.26. The Labute approximate surface area is 277 Å². The lowest BCUT2D eigenvalue weighted by atomic mass is 9.87. The molecule has 4 N–H and O–H groups in total. The number of aliphatic hydroxyl groups is 2. The van der Waals surface area contributed by atoms with Gasteiger partial charge in [-0.15, -0.1) is 11.3 Å². The maximum absolute atomic E-state index is 12.9. The lowest BCUT2D eigenvalue weighted by Crippen LogP contribution is -2.65. The van der Waals surface area contributed by atoms with Gasteiger partial charge in [0, 0.05) is 34.3 Å². The van der Waals surface area contributed by atoms with Crippen molar-refractivity contribution < 1.29 is 24.9 Å². The molecule has 1 heterocycles. The van der Waals surface area contributed by atoms with Crippen LogP contribution in [-0.4, -0.2) is 46.6 Å². The molecular weight excluding hydrogens is 609 g/mol. The van der Waals surface area contributed by atoms with Gasteiger partial charge >= 0.3 is 5.97 Å². The first-order chi connectivity index (χ1) is 22.1. The molecule has 1 fully saturated rings. The number of hydrogen-bond donors (Lipinski definition) is 4. The van der Waals surface area contributed by atoms with Crippen molar-refractivity contribution in [1.29, 1.82) is 0 Å². The van der Waals surface area contributed by atoms with Crippen LogP contribution in [0, 0.1) is 11.8 Å². The zero-order valence-corrected chi connectivity index (χ0v) is 28.5. The monoisotopic (exact) mass is 654 g/mol. The number of carbonyl (C=O) groups is 1. The van der Waals surface area contributed by atoms with Gasteiger partial charge in [-0.3, -0.25) is 4.79 Å². The molecule has 5 rings (SSSR count). The molecule has 0 saturated heterocycles. The molecule has 7 heteroatoms. The van der Waals surface area contributed by atoms with Crippen molar-refractivity contribution in [3.8, 4) is 0 Å². The van der Waals surface area contributed by atoms with Crippen molar-refractivity contribution in [1.82, 2.24) is 0 Å².